The number of ketones is 1. The molecule has 1 aromatic heterocycles. The molecule has 1 amide bonds. The molecule has 1 fully saturated rings. The lowest BCUT2D eigenvalue weighted by Crippen LogP contribution is -2.29. The van der Waals surface area contributed by atoms with Crippen LogP contribution in [0.15, 0.2) is 82.7 Å². The highest BCUT2D eigenvalue weighted by Gasteiger charge is 2.48. The molecule has 0 unspecified atom stereocenters. The number of thioether (sulfide) groups is 1. The number of halogens is 2. The smallest absolute Gasteiger partial charge is 0.301 e. The van der Waals surface area contributed by atoms with E-state index >= 15 is 0 Å². The van der Waals surface area contributed by atoms with Gasteiger partial charge in [-0.1, -0.05) is 72.3 Å². The van der Waals surface area contributed by atoms with Gasteiger partial charge < -0.3 is 9.84 Å². The van der Waals surface area contributed by atoms with E-state index in [2.05, 4.69) is 17.1 Å². The lowest BCUT2D eigenvalue weighted by atomic mass is 9.95. The van der Waals surface area contributed by atoms with Crippen molar-refractivity contribution in [3.05, 3.63) is 106 Å². The highest BCUT2D eigenvalue weighted by molar-refractivity contribution is 8.00. The van der Waals surface area contributed by atoms with Gasteiger partial charge in [0.1, 0.15) is 17.3 Å². The molecule has 210 valence electrons. The molecule has 41 heavy (non-hydrogen) atoms. The average molecular weight is 610 g/mol. The van der Waals surface area contributed by atoms with Gasteiger partial charge >= 0.3 is 5.91 Å². The lowest BCUT2D eigenvalue weighted by molar-refractivity contribution is -0.132. The van der Waals surface area contributed by atoms with E-state index in [1.165, 1.54) is 28.8 Å². The van der Waals surface area contributed by atoms with Crippen LogP contribution in [0.2, 0.25) is 5.02 Å². The van der Waals surface area contributed by atoms with Gasteiger partial charge in [0.2, 0.25) is 5.13 Å². The van der Waals surface area contributed by atoms with Crippen molar-refractivity contribution in [1.82, 2.24) is 10.2 Å². The summed E-state index contributed by atoms with van der Waals surface area (Å²) < 4.78 is 19.5. The number of hydrogen-bond acceptors (Lipinski definition) is 8. The summed E-state index contributed by atoms with van der Waals surface area (Å²) in [6.45, 7) is 2.65. The average Bonchev–Trinajstić information content (AvgIpc) is 3.55. The number of rotatable bonds is 10. The van der Waals surface area contributed by atoms with Crippen LogP contribution in [0, 0.1) is 5.82 Å². The topological polar surface area (TPSA) is 92.6 Å². The Morgan fingerprint density at radius 3 is 2.44 bits per heavy atom. The van der Waals surface area contributed by atoms with Gasteiger partial charge in [-0.3, -0.25) is 14.5 Å². The van der Waals surface area contributed by atoms with E-state index in [0.717, 1.165) is 29.7 Å². The first kappa shape index (κ1) is 28.8. The van der Waals surface area contributed by atoms with Crippen LogP contribution < -0.4 is 9.64 Å². The molecule has 1 saturated heterocycles. The van der Waals surface area contributed by atoms with E-state index in [-0.39, 0.29) is 22.3 Å². The highest BCUT2D eigenvalue weighted by Crippen LogP contribution is 2.44. The first-order valence-electron chi connectivity index (χ1n) is 12.9. The Morgan fingerprint density at radius 2 is 1.76 bits per heavy atom. The molecule has 5 rings (SSSR count). The molecule has 4 aromatic rings. The molecular formula is C30H25ClFN3O4S2. The van der Waals surface area contributed by atoms with Crippen LogP contribution in [-0.4, -0.2) is 33.6 Å². The third-order valence-corrected chi connectivity index (χ3v) is 8.78. The first-order valence-corrected chi connectivity index (χ1v) is 15.0. The number of Topliss-reactive ketones (excluding diaryl/α,β-unsaturated/α-hetero) is 1. The maximum atomic E-state index is 13.4. The molecule has 0 aliphatic carbocycles. The predicted octanol–water partition coefficient (Wildman–Crippen LogP) is 7.43. The monoisotopic (exact) mass is 609 g/mol. The molecule has 7 nitrogen and oxygen atoms in total. The largest absolute Gasteiger partial charge is 0.507 e. The molecule has 0 saturated carbocycles. The summed E-state index contributed by atoms with van der Waals surface area (Å²) >= 11 is 8.65. The summed E-state index contributed by atoms with van der Waals surface area (Å²) in [6.07, 6.45) is 1.93. The van der Waals surface area contributed by atoms with Gasteiger partial charge in [-0.2, -0.15) is 0 Å². The molecule has 2 heterocycles. The van der Waals surface area contributed by atoms with E-state index < -0.39 is 17.7 Å². The fourth-order valence-electron chi connectivity index (χ4n) is 4.27. The van der Waals surface area contributed by atoms with Crippen LogP contribution in [0.4, 0.5) is 9.52 Å². The summed E-state index contributed by atoms with van der Waals surface area (Å²) in [6, 6.07) is 18.7. The van der Waals surface area contributed by atoms with Crippen molar-refractivity contribution in [2.45, 2.75) is 35.9 Å². The zero-order valence-electron chi connectivity index (χ0n) is 21.9. The van der Waals surface area contributed by atoms with E-state index in [9.17, 15) is 19.1 Å². The zero-order chi connectivity index (χ0) is 28.9. The lowest BCUT2D eigenvalue weighted by Gasteiger charge is -2.22. The van der Waals surface area contributed by atoms with Crippen LogP contribution in [-0.2, 0) is 15.3 Å². The normalized spacial score (nSPS) is 16.4. The van der Waals surface area contributed by atoms with Crippen LogP contribution in [0.5, 0.6) is 5.75 Å². The summed E-state index contributed by atoms with van der Waals surface area (Å²) in [4.78, 5) is 28.1. The molecule has 1 aliphatic heterocycles. The van der Waals surface area contributed by atoms with Crippen LogP contribution in [0.25, 0.3) is 5.76 Å². The highest BCUT2D eigenvalue weighted by atomic mass is 35.5. The van der Waals surface area contributed by atoms with Crippen molar-refractivity contribution >= 4 is 57.3 Å². The molecule has 1 atom stereocenters. The Hall–Kier alpha value is -3.73. The third-order valence-electron chi connectivity index (χ3n) is 6.40. The number of anilines is 1. The van der Waals surface area contributed by atoms with E-state index in [1.807, 2.05) is 0 Å². The Kier molecular flexibility index (Phi) is 9.02. The SMILES string of the molecule is CCCCOc1ccc(C(O)=C2C(=O)C(=O)N(c3nnc(SCc4ccc(F)cc4)s3)[C@@H]2c2ccc(Cl)cc2)cc1. The van der Waals surface area contributed by atoms with Gasteiger partial charge in [0.15, 0.2) is 4.34 Å². The van der Waals surface area contributed by atoms with Crippen LogP contribution in [0.3, 0.4) is 0 Å². The summed E-state index contributed by atoms with van der Waals surface area (Å²) in [7, 11) is 0. The summed E-state index contributed by atoms with van der Waals surface area (Å²) in [5.74, 6) is -1.11. The first-order chi connectivity index (χ1) is 19.9. The number of aliphatic hydroxyl groups excluding tert-OH is 1. The number of ether oxygens (including phenoxy) is 1. The van der Waals surface area contributed by atoms with Gasteiger partial charge in [0.05, 0.1) is 18.2 Å². The fraction of sp³-hybridized carbons (Fsp3) is 0.200. The number of carbonyl (C=O) groups is 2. The number of nitrogens with zero attached hydrogens (tertiary/aromatic N) is 3. The number of hydrogen-bond donors (Lipinski definition) is 1. The summed E-state index contributed by atoms with van der Waals surface area (Å²) in [5.41, 5.74) is 1.78. The molecule has 3 aromatic carbocycles. The maximum absolute atomic E-state index is 13.4. The number of carbonyl (C=O) groups excluding carboxylic acids is 2. The zero-order valence-corrected chi connectivity index (χ0v) is 24.3. The van der Waals surface area contributed by atoms with Crippen molar-refractivity contribution in [3.8, 4) is 5.75 Å². The quantitative estimate of drug-likeness (QED) is 0.0499. The van der Waals surface area contributed by atoms with E-state index in [4.69, 9.17) is 16.3 Å². The second kappa shape index (κ2) is 12.8. The standard InChI is InChI=1S/C30H25ClFN3O4S2/c1-2-3-16-39-23-14-8-20(9-15-23)26(36)24-25(19-6-10-21(31)11-7-19)35(28(38)27(24)37)29-33-34-30(41-29)40-17-18-4-12-22(32)13-5-18/h4-15,25,36H,2-3,16-17H2,1H3/t25-/m1/s1. The molecule has 1 N–H and O–H groups in total. The predicted molar refractivity (Wildman–Crippen MR) is 159 cm³/mol. The van der Waals surface area contributed by atoms with Gasteiger partial charge in [-0.05, 0) is 66.1 Å². The number of aliphatic hydroxyl groups is 1. The number of unbranched alkanes of at least 4 members (excludes halogenated alkanes) is 1. The molecule has 0 bridgehead atoms. The van der Waals surface area contributed by atoms with Gasteiger partial charge in [0, 0.05) is 16.3 Å². The van der Waals surface area contributed by atoms with Crippen molar-refractivity contribution in [2.24, 2.45) is 0 Å². The Morgan fingerprint density at radius 1 is 1.05 bits per heavy atom. The molecule has 1 aliphatic rings. The minimum absolute atomic E-state index is 0.0623. The second-order valence-corrected chi connectivity index (χ2v) is 11.8. The second-order valence-electron chi connectivity index (χ2n) is 9.21. The van der Waals surface area contributed by atoms with Crippen molar-refractivity contribution in [1.29, 1.82) is 0 Å². The van der Waals surface area contributed by atoms with E-state index in [1.54, 1.807) is 60.7 Å². The van der Waals surface area contributed by atoms with E-state index in [0.29, 0.717) is 38.6 Å². The third kappa shape index (κ3) is 6.45. The number of benzene rings is 3. The van der Waals surface area contributed by atoms with Crippen LogP contribution in [0.1, 0.15) is 42.5 Å². The molecule has 11 heteroatoms. The Labute approximate surface area is 249 Å². The maximum Gasteiger partial charge on any atom is 0.301 e. The Balaban J connectivity index is 1.47. The minimum atomic E-state index is -0.948. The van der Waals surface area contributed by atoms with Crippen molar-refractivity contribution < 1.29 is 23.8 Å². The fourth-order valence-corrected chi connectivity index (χ4v) is 6.22. The van der Waals surface area contributed by atoms with Crippen molar-refractivity contribution in [2.75, 3.05) is 11.5 Å². The van der Waals surface area contributed by atoms with Crippen molar-refractivity contribution in [3.63, 3.8) is 0 Å². The Bertz CT molecular complexity index is 1570. The number of aromatic nitrogens is 2. The minimum Gasteiger partial charge on any atom is -0.507 e. The number of amides is 1. The van der Waals surface area contributed by atoms with Crippen LogP contribution >= 0.6 is 34.7 Å². The molecule has 0 spiro atoms. The molecule has 0 radical (unpaired) electrons. The van der Waals surface area contributed by atoms with Gasteiger partial charge in [-0.25, -0.2) is 4.39 Å². The summed E-state index contributed by atoms with van der Waals surface area (Å²) in [5, 5.41) is 20.5. The van der Waals surface area contributed by atoms with Gasteiger partial charge in [-0.15, -0.1) is 10.2 Å². The van der Waals surface area contributed by atoms with Gasteiger partial charge in [0.25, 0.3) is 5.78 Å². The molecular weight excluding hydrogens is 585 g/mol.